The Labute approximate surface area is 181 Å². The van der Waals surface area contributed by atoms with Crippen molar-refractivity contribution in [2.45, 2.75) is 98.1 Å². The third-order valence-corrected chi connectivity index (χ3v) is 4.15. The van der Waals surface area contributed by atoms with Crippen LogP contribution in [-0.4, -0.2) is 51.9 Å². The highest BCUT2D eigenvalue weighted by molar-refractivity contribution is 5.81. The summed E-state index contributed by atoms with van der Waals surface area (Å²) in [6, 6.07) is 3.62. The summed E-state index contributed by atoms with van der Waals surface area (Å²) in [5.74, 6) is -0.406. The van der Waals surface area contributed by atoms with E-state index in [1.807, 2.05) is 40.7 Å². The quantitative estimate of drug-likeness (QED) is 0.483. The number of allylic oxidation sites excluding steroid dienone is 1. The average Bonchev–Trinajstić information content (AvgIpc) is 2.77. The molecule has 1 fully saturated rings. The van der Waals surface area contributed by atoms with Crippen LogP contribution in [0.1, 0.15) is 66.4 Å². The first kappa shape index (κ1) is 28.2. The number of hydrogen-bond acceptors (Lipinski definition) is 7. The second kappa shape index (κ2) is 16.9. The molecule has 1 aliphatic heterocycles. The van der Waals surface area contributed by atoms with Gasteiger partial charge in [-0.2, -0.15) is 0 Å². The van der Waals surface area contributed by atoms with Gasteiger partial charge in [-0.1, -0.05) is 39.8 Å². The summed E-state index contributed by atoms with van der Waals surface area (Å²) in [6.45, 7) is 11.8. The number of pyridine rings is 1. The van der Waals surface area contributed by atoms with Gasteiger partial charge in [0.05, 0.1) is 18.3 Å². The van der Waals surface area contributed by atoms with Crippen molar-refractivity contribution in [2.24, 2.45) is 0 Å². The SMILES string of the molecule is CC.CC.C[C@H](CC/C=C/C(=O)OCc1cccnc1)O[C@@H]1O[C@@H](C)[C@H](O)C[C@H]1O. The lowest BCUT2D eigenvalue weighted by atomic mass is 10.0. The van der Waals surface area contributed by atoms with Crippen LogP contribution in [0.25, 0.3) is 0 Å². The Kier molecular flexibility index (Phi) is 15.9. The molecule has 0 aromatic carbocycles. The van der Waals surface area contributed by atoms with Crippen molar-refractivity contribution in [3.05, 3.63) is 42.2 Å². The number of aliphatic hydroxyl groups is 2. The van der Waals surface area contributed by atoms with Gasteiger partial charge in [-0.3, -0.25) is 4.98 Å². The molecule has 1 aromatic rings. The average molecular weight is 426 g/mol. The number of ether oxygens (including phenoxy) is 3. The van der Waals surface area contributed by atoms with Gasteiger partial charge in [-0.05, 0) is 32.8 Å². The zero-order valence-electron chi connectivity index (χ0n) is 19.2. The Bertz CT molecular complexity index is 580. The molecule has 0 saturated carbocycles. The summed E-state index contributed by atoms with van der Waals surface area (Å²) in [6.07, 6.45) is 5.18. The van der Waals surface area contributed by atoms with Crippen LogP contribution in [0.5, 0.6) is 0 Å². The minimum absolute atomic E-state index is 0.159. The minimum Gasteiger partial charge on any atom is -0.458 e. The van der Waals surface area contributed by atoms with E-state index < -0.39 is 24.5 Å². The van der Waals surface area contributed by atoms with Crippen molar-refractivity contribution >= 4 is 5.97 Å². The van der Waals surface area contributed by atoms with Gasteiger partial charge in [-0.15, -0.1) is 0 Å². The third kappa shape index (κ3) is 11.4. The summed E-state index contributed by atoms with van der Waals surface area (Å²) in [4.78, 5) is 15.6. The van der Waals surface area contributed by atoms with E-state index >= 15 is 0 Å². The molecule has 0 bridgehead atoms. The van der Waals surface area contributed by atoms with Crippen LogP contribution in [0.15, 0.2) is 36.7 Å². The van der Waals surface area contributed by atoms with Gasteiger partial charge >= 0.3 is 5.97 Å². The molecule has 2 rings (SSSR count). The predicted molar refractivity (Wildman–Crippen MR) is 117 cm³/mol. The minimum atomic E-state index is -0.846. The first-order chi connectivity index (χ1) is 14.5. The number of hydrogen-bond donors (Lipinski definition) is 2. The van der Waals surface area contributed by atoms with Crippen LogP contribution >= 0.6 is 0 Å². The number of aromatic nitrogens is 1. The topological polar surface area (TPSA) is 98.1 Å². The Hall–Kier alpha value is -1.80. The van der Waals surface area contributed by atoms with E-state index in [1.165, 1.54) is 6.08 Å². The molecule has 0 unspecified atom stereocenters. The van der Waals surface area contributed by atoms with E-state index in [2.05, 4.69) is 4.98 Å². The van der Waals surface area contributed by atoms with Crippen LogP contribution in [-0.2, 0) is 25.6 Å². The summed E-state index contributed by atoms with van der Waals surface area (Å²) >= 11 is 0. The molecule has 172 valence electrons. The van der Waals surface area contributed by atoms with E-state index in [0.29, 0.717) is 12.8 Å². The monoisotopic (exact) mass is 425 g/mol. The Morgan fingerprint density at radius 3 is 2.63 bits per heavy atom. The highest BCUT2D eigenvalue weighted by Gasteiger charge is 2.35. The van der Waals surface area contributed by atoms with Crippen molar-refractivity contribution in [3.8, 4) is 0 Å². The van der Waals surface area contributed by atoms with E-state index in [-0.39, 0.29) is 25.2 Å². The molecule has 7 heteroatoms. The van der Waals surface area contributed by atoms with Crippen molar-refractivity contribution < 1.29 is 29.2 Å². The van der Waals surface area contributed by atoms with Crippen LogP contribution in [0.4, 0.5) is 0 Å². The molecular formula is C23H39NO6. The Balaban J connectivity index is 0.00000198. The van der Waals surface area contributed by atoms with Gasteiger partial charge in [0.1, 0.15) is 12.7 Å². The van der Waals surface area contributed by atoms with Crippen LogP contribution in [0.3, 0.4) is 0 Å². The molecule has 1 aliphatic rings. The molecule has 2 N–H and O–H groups in total. The Morgan fingerprint density at radius 2 is 2.00 bits per heavy atom. The molecule has 0 aliphatic carbocycles. The summed E-state index contributed by atoms with van der Waals surface area (Å²) in [5, 5.41) is 19.6. The zero-order valence-corrected chi connectivity index (χ0v) is 19.2. The fourth-order valence-electron chi connectivity index (χ4n) is 2.56. The number of carbonyl (C=O) groups excluding carboxylic acids is 1. The maximum Gasteiger partial charge on any atom is 0.330 e. The lowest BCUT2D eigenvalue weighted by Crippen LogP contribution is -2.48. The smallest absolute Gasteiger partial charge is 0.330 e. The highest BCUT2D eigenvalue weighted by atomic mass is 16.7. The summed E-state index contributed by atoms with van der Waals surface area (Å²) in [5.41, 5.74) is 0.835. The maximum atomic E-state index is 11.7. The van der Waals surface area contributed by atoms with Crippen LogP contribution < -0.4 is 0 Å². The lowest BCUT2D eigenvalue weighted by molar-refractivity contribution is -0.273. The van der Waals surface area contributed by atoms with Gasteiger partial charge in [0, 0.05) is 30.5 Å². The predicted octanol–water partition coefficient (Wildman–Crippen LogP) is 3.78. The van der Waals surface area contributed by atoms with E-state index in [1.54, 1.807) is 31.5 Å². The molecule has 0 radical (unpaired) electrons. The number of rotatable bonds is 8. The first-order valence-corrected chi connectivity index (χ1v) is 10.8. The molecule has 30 heavy (non-hydrogen) atoms. The van der Waals surface area contributed by atoms with E-state index in [0.717, 1.165) is 5.56 Å². The van der Waals surface area contributed by atoms with Crippen LogP contribution in [0.2, 0.25) is 0 Å². The second-order valence-electron chi connectivity index (χ2n) is 6.48. The molecular weight excluding hydrogens is 386 g/mol. The largest absolute Gasteiger partial charge is 0.458 e. The number of aliphatic hydroxyl groups excluding tert-OH is 2. The molecule has 2 heterocycles. The fraction of sp³-hybridized carbons (Fsp3) is 0.652. The molecule has 1 saturated heterocycles. The van der Waals surface area contributed by atoms with Gasteiger partial charge < -0.3 is 24.4 Å². The van der Waals surface area contributed by atoms with E-state index in [9.17, 15) is 15.0 Å². The lowest BCUT2D eigenvalue weighted by Gasteiger charge is -2.36. The van der Waals surface area contributed by atoms with Crippen LogP contribution in [0, 0.1) is 0 Å². The normalized spacial score (nSPS) is 24.1. The number of carbonyl (C=O) groups is 1. The fourth-order valence-corrected chi connectivity index (χ4v) is 2.56. The maximum absolute atomic E-state index is 11.7. The molecule has 1 aromatic heterocycles. The number of nitrogens with zero attached hydrogens (tertiary/aromatic N) is 1. The number of esters is 1. The molecule has 7 nitrogen and oxygen atoms in total. The second-order valence-corrected chi connectivity index (χ2v) is 6.48. The Morgan fingerprint density at radius 1 is 1.30 bits per heavy atom. The summed E-state index contributed by atoms with van der Waals surface area (Å²) in [7, 11) is 0. The molecule has 5 atom stereocenters. The van der Waals surface area contributed by atoms with Crippen molar-refractivity contribution in [2.75, 3.05) is 0 Å². The zero-order chi connectivity index (χ0) is 22.9. The van der Waals surface area contributed by atoms with E-state index in [4.69, 9.17) is 14.2 Å². The van der Waals surface area contributed by atoms with Gasteiger partial charge in [0.2, 0.25) is 0 Å². The molecule has 0 spiro atoms. The third-order valence-electron chi connectivity index (χ3n) is 4.15. The standard InChI is InChI=1S/C19H27NO6.2C2H6/c1-13(25-19-17(22)10-16(21)14(2)26-19)6-3-4-8-18(23)24-12-15-7-5-9-20-11-15;2*1-2/h4-5,7-9,11,13-14,16-17,19,21-22H,3,6,10,12H2,1-2H3;2*1-2H3/b8-4+;;/t13-,14+,16-,17-,19-;;/m1../s1. The first-order valence-electron chi connectivity index (χ1n) is 10.8. The molecule has 0 amide bonds. The van der Waals surface area contributed by atoms with Crippen molar-refractivity contribution in [1.82, 2.24) is 4.98 Å². The highest BCUT2D eigenvalue weighted by Crippen LogP contribution is 2.22. The van der Waals surface area contributed by atoms with Crippen molar-refractivity contribution in [1.29, 1.82) is 0 Å². The van der Waals surface area contributed by atoms with Gasteiger partial charge in [0.25, 0.3) is 0 Å². The van der Waals surface area contributed by atoms with Gasteiger partial charge in [0.15, 0.2) is 6.29 Å². The summed E-state index contributed by atoms with van der Waals surface area (Å²) < 4.78 is 16.3. The van der Waals surface area contributed by atoms with Crippen molar-refractivity contribution in [3.63, 3.8) is 0 Å². The van der Waals surface area contributed by atoms with Gasteiger partial charge in [-0.25, -0.2) is 4.79 Å².